The number of furan rings is 1. The maximum atomic E-state index is 12.7. The van der Waals surface area contributed by atoms with E-state index < -0.39 is 23.5 Å². The van der Waals surface area contributed by atoms with Gasteiger partial charge in [-0.25, -0.2) is 4.98 Å². The van der Waals surface area contributed by atoms with Crippen LogP contribution in [-0.4, -0.2) is 37.0 Å². The molecule has 0 saturated carbocycles. The molecule has 1 saturated heterocycles. The number of aliphatic hydroxyl groups is 1. The Morgan fingerprint density at radius 1 is 1.31 bits per heavy atom. The van der Waals surface area contributed by atoms with Crippen LogP contribution < -0.4 is 4.90 Å². The number of amides is 1. The molecule has 11 heteroatoms. The molecular weight excluding hydrogens is 473 g/mol. The van der Waals surface area contributed by atoms with Crippen LogP contribution in [0.15, 0.2) is 46.2 Å². The van der Waals surface area contributed by atoms with E-state index in [1.54, 1.807) is 12.1 Å². The molecule has 1 unspecified atom stereocenters. The summed E-state index contributed by atoms with van der Waals surface area (Å²) < 4.78 is 6.19. The van der Waals surface area contributed by atoms with Crippen molar-refractivity contribution in [3.05, 3.63) is 57.0 Å². The largest absolute Gasteiger partial charge is 0.505 e. The van der Waals surface area contributed by atoms with Gasteiger partial charge in [0, 0.05) is 12.4 Å². The SMILES string of the molecule is O=C1C(=O)N(c2nncs2)C(c2ccc(I)o2)/C1=C(\O)c1cnccn1. The van der Waals surface area contributed by atoms with Crippen LogP contribution in [0.2, 0.25) is 0 Å². The second-order valence-corrected chi connectivity index (χ2v) is 7.00. The van der Waals surface area contributed by atoms with Gasteiger partial charge in [0.2, 0.25) is 5.13 Å². The third-order valence-corrected chi connectivity index (χ3v) is 4.94. The fraction of sp³-hybridized carbons (Fsp3) is 0.0667. The van der Waals surface area contributed by atoms with E-state index in [0.717, 1.165) is 16.2 Å². The molecule has 1 amide bonds. The number of rotatable bonds is 3. The highest BCUT2D eigenvalue weighted by molar-refractivity contribution is 14.1. The zero-order chi connectivity index (χ0) is 18.3. The normalized spacial score (nSPS) is 19.3. The molecule has 0 aromatic carbocycles. The molecule has 3 aromatic heterocycles. The minimum absolute atomic E-state index is 0.0778. The van der Waals surface area contributed by atoms with Crippen molar-refractivity contribution in [2.75, 3.05) is 4.90 Å². The molecule has 0 radical (unpaired) electrons. The number of hydrogen-bond donors (Lipinski definition) is 1. The van der Waals surface area contributed by atoms with Crippen LogP contribution >= 0.6 is 33.9 Å². The maximum Gasteiger partial charge on any atom is 0.302 e. The zero-order valence-electron chi connectivity index (χ0n) is 12.7. The van der Waals surface area contributed by atoms with E-state index in [2.05, 4.69) is 20.2 Å². The average molecular weight is 481 g/mol. The molecule has 1 N–H and O–H groups in total. The molecule has 1 aliphatic heterocycles. The lowest BCUT2D eigenvalue weighted by Gasteiger charge is -2.19. The molecule has 3 aromatic rings. The van der Waals surface area contributed by atoms with Crippen LogP contribution in [-0.2, 0) is 9.59 Å². The van der Waals surface area contributed by atoms with Crippen molar-refractivity contribution in [3.8, 4) is 0 Å². The van der Waals surface area contributed by atoms with Gasteiger partial charge in [-0.3, -0.25) is 19.5 Å². The quantitative estimate of drug-likeness (QED) is 0.262. The molecule has 1 atom stereocenters. The summed E-state index contributed by atoms with van der Waals surface area (Å²) in [7, 11) is 0. The summed E-state index contributed by atoms with van der Waals surface area (Å²) in [5.74, 6) is -1.81. The van der Waals surface area contributed by atoms with Gasteiger partial charge in [0.15, 0.2) is 9.53 Å². The first-order valence-corrected chi connectivity index (χ1v) is 9.12. The molecule has 9 nitrogen and oxygen atoms in total. The van der Waals surface area contributed by atoms with Gasteiger partial charge in [-0.1, -0.05) is 11.3 Å². The van der Waals surface area contributed by atoms with E-state index >= 15 is 0 Å². The minimum atomic E-state index is -0.978. The Kier molecular flexibility index (Phi) is 4.24. The Balaban J connectivity index is 1.94. The van der Waals surface area contributed by atoms with Gasteiger partial charge < -0.3 is 9.52 Å². The Labute approximate surface area is 163 Å². The highest BCUT2D eigenvalue weighted by Crippen LogP contribution is 2.42. The van der Waals surface area contributed by atoms with Crippen molar-refractivity contribution in [2.45, 2.75) is 6.04 Å². The van der Waals surface area contributed by atoms with Gasteiger partial charge in [-0.15, -0.1) is 10.2 Å². The smallest absolute Gasteiger partial charge is 0.302 e. The van der Waals surface area contributed by atoms with Crippen molar-refractivity contribution >= 4 is 56.5 Å². The monoisotopic (exact) mass is 481 g/mol. The van der Waals surface area contributed by atoms with Gasteiger partial charge in [0.05, 0.1) is 11.8 Å². The lowest BCUT2D eigenvalue weighted by molar-refractivity contribution is -0.132. The van der Waals surface area contributed by atoms with Crippen LogP contribution in [0.4, 0.5) is 5.13 Å². The predicted molar refractivity (Wildman–Crippen MR) is 98.1 cm³/mol. The number of aromatic nitrogens is 4. The summed E-state index contributed by atoms with van der Waals surface area (Å²) in [4.78, 5) is 34.3. The number of carbonyl (C=O) groups is 2. The van der Waals surface area contributed by atoms with E-state index in [9.17, 15) is 14.7 Å². The van der Waals surface area contributed by atoms with Gasteiger partial charge in [0.25, 0.3) is 5.78 Å². The number of nitrogens with zero attached hydrogens (tertiary/aromatic N) is 5. The molecule has 0 spiro atoms. The number of aliphatic hydroxyl groups excluding tert-OH is 1. The topological polar surface area (TPSA) is 122 Å². The van der Waals surface area contributed by atoms with Crippen LogP contribution in [0.5, 0.6) is 0 Å². The van der Waals surface area contributed by atoms with Crippen molar-refractivity contribution in [1.82, 2.24) is 20.2 Å². The Hall–Kier alpha value is -2.67. The lowest BCUT2D eigenvalue weighted by Crippen LogP contribution is -2.29. The highest BCUT2D eigenvalue weighted by Gasteiger charge is 2.49. The van der Waals surface area contributed by atoms with Crippen LogP contribution in [0, 0.1) is 3.77 Å². The number of ketones is 1. The van der Waals surface area contributed by atoms with Gasteiger partial charge in [0.1, 0.15) is 23.0 Å². The van der Waals surface area contributed by atoms with E-state index in [1.165, 1.54) is 24.1 Å². The predicted octanol–water partition coefficient (Wildman–Crippen LogP) is 2.15. The van der Waals surface area contributed by atoms with E-state index in [4.69, 9.17) is 4.42 Å². The first-order chi connectivity index (χ1) is 12.6. The molecule has 130 valence electrons. The Morgan fingerprint density at radius 2 is 2.15 bits per heavy atom. The summed E-state index contributed by atoms with van der Waals surface area (Å²) >= 11 is 3.07. The molecule has 0 bridgehead atoms. The highest BCUT2D eigenvalue weighted by atomic mass is 127. The third-order valence-electron chi connectivity index (χ3n) is 3.67. The second kappa shape index (κ2) is 6.57. The molecule has 26 heavy (non-hydrogen) atoms. The van der Waals surface area contributed by atoms with Crippen molar-refractivity contribution in [3.63, 3.8) is 0 Å². The Bertz CT molecular complexity index is 1020. The van der Waals surface area contributed by atoms with Crippen LogP contribution in [0.25, 0.3) is 5.76 Å². The number of carbonyl (C=O) groups excluding carboxylic acids is 2. The van der Waals surface area contributed by atoms with Gasteiger partial charge in [-0.2, -0.15) is 0 Å². The standard InChI is InChI=1S/C15H8IN5O4S/c16-9-2-1-8(25-9)11-10(12(22)7-5-17-3-4-18-7)13(23)14(24)21(11)15-20-19-6-26-15/h1-6,11,22H/b12-10+. The summed E-state index contributed by atoms with van der Waals surface area (Å²) in [5, 5.41) is 18.5. The summed E-state index contributed by atoms with van der Waals surface area (Å²) in [6, 6.07) is 2.35. The Morgan fingerprint density at radius 3 is 2.77 bits per heavy atom. The molecule has 4 heterocycles. The number of halogens is 1. The fourth-order valence-electron chi connectivity index (χ4n) is 2.61. The number of anilines is 1. The summed E-state index contributed by atoms with van der Waals surface area (Å²) in [6.45, 7) is 0. The fourth-order valence-corrected chi connectivity index (χ4v) is 3.62. The van der Waals surface area contributed by atoms with Gasteiger partial charge >= 0.3 is 5.91 Å². The van der Waals surface area contributed by atoms with Crippen LogP contribution in [0.3, 0.4) is 0 Å². The van der Waals surface area contributed by atoms with E-state index in [-0.39, 0.29) is 16.4 Å². The second-order valence-electron chi connectivity index (χ2n) is 5.12. The van der Waals surface area contributed by atoms with Crippen LogP contribution in [0.1, 0.15) is 17.5 Å². The average Bonchev–Trinajstić information content (AvgIpc) is 3.37. The van der Waals surface area contributed by atoms with Crippen molar-refractivity contribution in [2.24, 2.45) is 0 Å². The molecule has 1 fully saturated rings. The molecular formula is C15H8IN5O4S. The molecule has 0 aliphatic carbocycles. The first kappa shape index (κ1) is 16.8. The van der Waals surface area contributed by atoms with Gasteiger partial charge in [-0.05, 0) is 34.7 Å². The number of hydrogen-bond acceptors (Lipinski definition) is 9. The van der Waals surface area contributed by atoms with E-state index in [1.807, 2.05) is 22.6 Å². The van der Waals surface area contributed by atoms with Crippen molar-refractivity contribution < 1.29 is 19.1 Å². The summed E-state index contributed by atoms with van der Waals surface area (Å²) in [5.41, 5.74) is 1.38. The third kappa shape index (κ3) is 2.68. The first-order valence-electron chi connectivity index (χ1n) is 7.16. The lowest BCUT2D eigenvalue weighted by atomic mass is 10.0. The zero-order valence-corrected chi connectivity index (χ0v) is 15.7. The minimum Gasteiger partial charge on any atom is -0.505 e. The van der Waals surface area contributed by atoms with E-state index in [0.29, 0.717) is 9.53 Å². The van der Waals surface area contributed by atoms with Crippen molar-refractivity contribution in [1.29, 1.82) is 0 Å². The number of Topliss-reactive ketones (excluding diaryl/α,β-unsaturated/α-hetero) is 1. The summed E-state index contributed by atoms with van der Waals surface area (Å²) in [6.07, 6.45) is 4.11. The maximum absolute atomic E-state index is 12.7. The molecule has 1 aliphatic rings. The molecule has 4 rings (SSSR count).